The molecule has 2 aromatic carbocycles. The second-order valence-corrected chi connectivity index (χ2v) is 8.24. The highest BCUT2D eigenvalue weighted by Crippen LogP contribution is 2.41. The van der Waals surface area contributed by atoms with E-state index in [1.165, 1.54) is 21.8 Å². The van der Waals surface area contributed by atoms with Crippen molar-refractivity contribution >= 4 is 16.9 Å². The molecule has 3 heterocycles. The van der Waals surface area contributed by atoms with Crippen molar-refractivity contribution in [1.29, 1.82) is 0 Å². The summed E-state index contributed by atoms with van der Waals surface area (Å²) < 4.78 is 13.9. The standard InChI is InChI=1S/C25H25N5O4/c1-28-24-19(13-27-28)25(32)29(15-26-24)14-22(31)30-10-9-17-11-20(33-2)21(34-3)12-18(17)23(30)16-7-5-4-6-8-16/h4-8,11-13,15,23H,9-10,14H2,1-3H3. The van der Waals surface area contributed by atoms with Gasteiger partial charge in [0.25, 0.3) is 5.56 Å². The minimum atomic E-state index is -0.317. The number of ether oxygens (including phenoxy) is 2. The van der Waals surface area contributed by atoms with Crippen LogP contribution in [0.4, 0.5) is 0 Å². The van der Waals surface area contributed by atoms with Gasteiger partial charge < -0.3 is 14.4 Å². The van der Waals surface area contributed by atoms with E-state index in [-0.39, 0.29) is 24.1 Å². The number of nitrogens with zero attached hydrogens (tertiary/aromatic N) is 5. The van der Waals surface area contributed by atoms with Gasteiger partial charge in [-0.1, -0.05) is 30.3 Å². The Labute approximate surface area is 196 Å². The Morgan fingerprint density at radius 1 is 1.12 bits per heavy atom. The van der Waals surface area contributed by atoms with Crippen molar-refractivity contribution < 1.29 is 14.3 Å². The number of hydrogen-bond acceptors (Lipinski definition) is 6. The molecule has 1 amide bonds. The van der Waals surface area contributed by atoms with Gasteiger partial charge in [0.15, 0.2) is 17.1 Å². The second-order valence-electron chi connectivity index (χ2n) is 8.24. The Balaban J connectivity index is 1.55. The lowest BCUT2D eigenvalue weighted by molar-refractivity contribution is -0.134. The third kappa shape index (κ3) is 3.59. The van der Waals surface area contributed by atoms with Gasteiger partial charge in [-0.2, -0.15) is 5.10 Å². The highest BCUT2D eigenvalue weighted by molar-refractivity contribution is 5.79. The predicted molar refractivity (Wildman–Crippen MR) is 126 cm³/mol. The lowest BCUT2D eigenvalue weighted by Crippen LogP contribution is -2.43. The van der Waals surface area contributed by atoms with E-state index in [1.807, 2.05) is 47.4 Å². The topological polar surface area (TPSA) is 91.5 Å². The normalized spacial score (nSPS) is 15.3. The zero-order valence-corrected chi connectivity index (χ0v) is 19.3. The van der Waals surface area contributed by atoms with Gasteiger partial charge in [0.1, 0.15) is 18.3 Å². The van der Waals surface area contributed by atoms with Gasteiger partial charge in [-0.3, -0.25) is 18.8 Å². The van der Waals surface area contributed by atoms with Crippen molar-refractivity contribution in [3.05, 3.63) is 82.0 Å². The fourth-order valence-electron chi connectivity index (χ4n) is 4.63. The number of methoxy groups -OCH3 is 2. The zero-order valence-electron chi connectivity index (χ0n) is 19.3. The van der Waals surface area contributed by atoms with E-state index in [2.05, 4.69) is 10.1 Å². The summed E-state index contributed by atoms with van der Waals surface area (Å²) in [6.07, 6.45) is 3.56. The molecule has 1 aliphatic rings. The molecule has 0 saturated carbocycles. The summed E-state index contributed by atoms with van der Waals surface area (Å²) in [6.45, 7) is 0.404. The van der Waals surface area contributed by atoms with Crippen LogP contribution >= 0.6 is 0 Å². The van der Waals surface area contributed by atoms with Gasteiger partial charge >= 0.3 is 0 Å². The minimum Gasteiger partial charge on any atom is -0.493 e. The number of carbonyl (C=O) groups is 1. The second kappa shape index (κ2) is 8.66. The lowest BCUT2D eigenvalue weighted by atomic mass is 9.87. The third-order valence-corrected chi connectivity index (χ3v) is 6.33. The fraction of sp³-hybridized carbons (Fsp3) is 0.280. The Hall–Kier alpha value is -4.14. The smallest absolute Gasteiger partial charge is 0.264 e. The molecule has 34 heavy (non-hydrogen) atoms. The number of amides is 1. The first-order valence-corrected chi connectivity index (χ1v) is 11.0. The van der Waals surface area contributed by atoms with Crippen LogP contribution in [-0.2, 0) is 24.8 Å². The van der Waals surface area contributed by atoms with Crippen LogP contribution in [0, 0.1) is 0 Å². The Bertz CT molecular complexity index is 1430. The van der Waals surface area contributed by atoms with Gasteiger partial charge in [0.05, 0.1) is 26.5 Å². The number of aryl methyl sites for hydroxylation is 1. The van der Waals surface area contributed by atoms with Gasteiger partial charge in [-0.15, -0.1) is 0 Å². The van der Waals surface area contributed by atoms with E-state index in [0.717, 1.165) is 16.7 Å². The van der Waals surface area contributed by atoms with Gasteiger partial charge in [-0.25, -0.2) is 4.98 Å². The molecule has 2 aromatic heterocycles. The number of carbonyl (C=O) groups excluding carboxylic acids is 1. The number of hydrogen-bond donors (Lipinski definition) is 0. The molecular formula is C25H25N5O4. The molecule has 4 aromatic rings. The maximum absolute atomic E-state index is 13.6. The van der Waals surface area contributed by atoms with Gasteiger partial charge in [-0.05, 0) is 35.2 Å². The van der Waals surface area contributed by atoms with Crippen LogP contribution in [0.3, 0.4) is 0 Å². The molecule has 0 spiro atoms. The van der Waals surface area contributed by atoms with E-state index >= 15 is 0 Å². The summed E-state index contributed by atoms with van der Waals surface area (Å²) in [5.41, 5.74) is 3.27. The van der Waals surface area contributed by atoms with E-state index < -0.39 is 0 Å². The third-order valence-electron chi connectivity index (χ3n) is 6.33. The van der Waals surface area contributed by atoms with Crippen molar-refractivity contribution in [2.45, 2.75) is 19.0 Å². The first-order chi connectivity index (χ1) is 16.5. The van der Waals surface area contributed by atoms with Crippen LogP contribution in [0.2, 0.25) is 0 Å². The average molecular weight is 460 g/mol. The summed E-state index contributed by atoms with van der Waals surface area (Å²) in [5, 5.41) is 4.48. The molecule has 9 nitrogen and oxygen atoms in total. The van der Waals surface area contributed by atoms with E-state index in [1.54, 1.807) is 21.3 Å². The number of aromatic nitrogens is 4. The fourth-order valence-corrected chi connectivity index (χ4v) is 4.63. The molecule has 174 valence electrons. The van der Waals surface area contributed by atoms with Gasteiger partial charge in [0, 0.05) is 13.6 Å². The number of rotatable bonds is 5. The van der Waals surface area contributed by atoms with E-state index in [9.17, 15) is 9.59 Å². The molecule has 1 atom stereocenters. The quantitative estimate of drug-likeness (QED) is 0.455. The molecule has 9 heteroatoms. The van der Waals surface area contributed by atoms with E-state index in [0.29, 0.717) is 35.5 Å². The van der Waals surface area contributed by atoms with Crippen molar-refractivity contribution in [2.24, 2.45) is 7.05 Å². The highest BCUT2D eigenvalue weighted by Gasteiger charge is 2.33. The van der Waals surface area contributed by atoms with Crippen molar-refractivity contribution in [3.8, 4) is 11.5 Å². The predicted octanol–water partition coefficient (Wildman–Crippen LogP) is 2.32. The zero-order chi connectivity index (χ0) is 23.8. The van der Waals surface area contributed by atoms with Crippen LogP contribution in [0.25, 0.3) is 11.0 Å². The maximum Gasteiger partial charge on any atom is 0.264 e. The monoisotopic (exact) mass is 459 g/mol. The highest BCUT2D eigenvalue weighted by atomic mass is 16.5. The van der Waals surface area contributed by atoms with Crippen LogP contribution in [-0.4, -0.2) is 50.9 Å². The average Bonchev–Trinajstić information content (AvgIpc) is 3.25. The first-order valence-electron chi connectivity index (χ1n) is 11.0. The summed E-state index contributed by atoms with van der Waals surface area (Å²) in [6, 6.07) is 13.5. The molecule has 1 aliphatic heterocycles. The summed E-state index contributed by atoms with van der Waals surface area (Å²) >= 11 is 0. The number of fused-ring (bicyclic) bond motifs is 2. The van der Waals surface area contributed by atoms with Crippen molar-refractivity contribution in [1.82, 2.24) is 24.2 Å². The molecule has 1 unspecified atom stereocenters. The summed E-state index contributed by atoms with van der Waals surface area (Å²) in [7, 11) is 4.94. The molecule has 0 aliphatic carbocycles. The summed E-state index contributed by atoms with van der Waals surface area (Å²) in [5.74, 6) is 1.11. The largest absolute Gasteiger partial charge is 0.493 e. The summed E-state index contributed by atoms with van der Waals surface area (Å²) in [4.78, 5) is 32.7. The maximum atomic E-state index is 13.6. The molecule has 0 radical (unpaired) electrons. The van der Waals surface area contributed by atoms with Crippen LogP contribution in [0.15, 0.2) is 59.8 Å². The van der Waals surface area contributed by atoms with Crippen LogP contribution in [0.5, 0.6) is 11.5 Å². The first kappa shape index (κ1) is 21.7. The molecule has 5 rings (SSSR count). The molecule has 0 fully saturated rings. The van der Waals surface area contributed by atoms with Crippen LogP contribution in [0.1, 0.15) is 22.7 Å². The van der Waals surface area contributed by atoms with Gasteiger partial charge in [0.2, 0.25) is 5.91 Å². The molecule has 0 bridgehead atoms. The Morgan fingerprint density at radius 3 is 2.59 bits per heavy atom. The molecule has 0 saturated heterocycles. The van der Waals surface area contributed by atoms with Crippen molar-refractivity contribution in [3.63, 3.8) is 0 Å². The SMILES string of the molecule is COc1cc2c(cc1OC)C(c1ccccc1)N(C(=O)Cn1cnc3c(cnn3C)c1=O)CC2. The lowest BCUT2D eigenvalue weighted by Gasteiger charge is -2.38. The minimum absolute atomic E-state index is 0.109. The Kier molecular flexibility index (Phi) is 5.53. The molecular weight excluding hydrogens is 434 g/mol. The number of benzene rings is 2. The van der Waals surface area contributed by atoms with Crippen LogP contribution < -0.4 is 15.0 Å². The Morgan fingerprint density at radius 2 is 1.85 bits per heavy atom. The van der Waals surface area contributed by atoms with Crippen molar-refractivity contribution in [2.75, 3.05) is 20.8 Å². The van der Waals surface area contributed by atoms with E-state index in [4.69, 9.17) is 9.47 Å². The molecule has 0 N–H and O–H groups in total.